The van der Waals surface area contributed by atoms with Gasteiger partial charge in [-0.15, -0.1) is 0 Å². The van der Waals surface area contributed by atoms with Crippen LogP contribution < -0.4 is 5.32 Å². The van der Waals surface area contributed by atoms with Crippen LogP contribution in [0.5, 0.6) is 0 Å². The molecule has 15 heavy (non-hydrogen) atoms. The Kier molecular flexibility index (Phi) is 4.35. The molecule has 0 bridgehead atoms. The molecule has 1 saturated heterocycles. The highest BCUT2D eigenvalue weighted by Crippen LogP contribution is 2.40. The summed E-state index contributed by atoms with van der Waals surface area (Å²) >= 11 is 2.12. The SMILES string of the molecule is CSC1(CN2CCCNCC2)CCCC1. The fourth-order valence-corrected chi connectivity index (χ4v) is 3.92. The Hall–Kier alpha value is 0.270. The van der Waals surface area contributed by atoms with Gasteiger partial charge >= 0.3 is 0 Å². The van der Waals surface area contributed by atoms with Crippen LogP contribution in [-0.2, 0) is 0 Å². The number of thioether (sulfide) groups is 1. The molecule has 3 heteroatoms. The second-order valence-electron chi connectivity index (χ2n) is 4.97. The van der Waals surface area contributed by atoms with Crippen LogP contribution in [0, 0.1) is 0 Å². The van der Waals surface area contributed by atoms with Crippen molar-refractivity contribution in [3.63, 3.8) is 0 Å². The van der Waals surface area contributed by atoms with Crippen molar-refractivity contribution in [2.45, 2.75) is 36.9 Å². The van der Waals surface area contributed by atoms with Crippen molar-refractivity contribution in [3.05, 3.63) is 0 Å². The average molecular weight is 228 g/mol. The molecule has 2 fully saturated rings. The predicted molar refractivity (Wildman–Crippen MR) is 68.6 cm³/mol. The second-order valence-corrected chi connectivity index (χ2v) is 6.25. The highest BCUT2D eigenvalue weighted by molar-refractivity contribution is 8.00. The maximum absolute atomic E-state index is 3.48. The van der Waals surface area contributed by atoms with E-state index in [1.807, 2.05) is 0 Å². The normalized spacial score (nSPS) is 27.8. The Bertz CT molecular complexity index is 182. The molecule has 1 aliphatic heterocycles. The monoisotopic (exact) mass is 228 g/mol. The van der Waals surface area contributed by atoms with Crippen molar-refractivity contribution in [1.82, 2.24) is 10.2 Å². The molecule has 88 valence electrons. The molecule has 1 aliphatic carbocycles. The summed E-state index contributed by atoms with van der Waals surface area (Å²) in [5.74, 6) is 0. The summed E-state index contributed by atoms with van der Waals surface area (Å²) in [6.07, 6.45) is 9.42. The van der Waals surface area contributed by atoms with Crippen molar-refractivity contribution >= 4 is 11.8 Å². The maximum atomic E-state index is 3.48. The zero-order valence-electron chi connectivity index (χ0n) is 9.93. The summed E-state index contributed by atoms with van der Waals surface area (Å²) in [6.45, 7) is 6.28. The number of nitrogens with zero attached hydrogens (tertiary/aromatic N) is 1. The first kappa shape index (κ1) is 11.7. The molecule has 0 atom stereocenters. The molecule has 0 amide bonds. The van der Waals surface area contributed by atoms with Crippen LogP contribution in [-0.4, -0.2) is 48.6 Å². The molecule has 0 unspecified atom stereocenters. The molecular formula is C12H24N2S. The Morgan fingerprint density at radius 3 is 2.67 bits per heavy atom. The molecule has 1 saturated carbocycles. The highest BCUT2D eigenvalue weighted by atomic mass is 32.2. The van der Waals surface area contributed by atoms with Gasteiger partial charge in [-0.3, -0.25) is 0 Å². The predicted octanol–water partition coefficient (Wildman–Crippen LogP) is 1.96. The molecule has 2 nitrogen and oxygen atoms in total. The van der Waals surface area contributed by atoms with Gasteiger partial charge < -0.3 is 10.2 Å². The summed E-state index contributed by atoms with van der Waals surface area (Å²) in [4.78, 5) is 2.68. The number of hydrogen-bond donors (Lipinski definition) is 1. The zero-order chi connectivity index (χ0) is 10.6. The van der Waals surface area contributed by atoms with Crippen molar-refractivity contribution < 1.29 is 0 Å². The van der Waals surface area contributed by atoms with Gasteiger partial charge in [0.2, 0.25) is 0 Å². The topological polar surface area (TPSA) is 15.3 Å². The molecule has 1 N–H and O–H groups in total. The summed E-state index contributed by atoms with van der Waals surface area (Å²) in [5, 5.41) is 3.48. The van der Waals surface area contributed by atoms with Crippen molar-refractivity contribution in [2.24, 2.45) is 0 Å². The Morgan fingerprint density at radius 1 is 1.13 bits per heavy atom. The average Bonchev–Trinajstić information content (AvgIpc) is 2.57. The molecule has 0 aromatic carbocycles. The van der Waals surface area contributed by atoms with E-state index in [2.05, 4.69) is 28.2 Å². The van der Waals surface area contributed by atoms with Gasteiger partial charge in [0.25, 0.3) is 0 Å². The van der Waals surface area contributed by atoms with E-state index in [1.54, 1.807) is 0 Å². The molecular weight excluding hydrogens is 204 g/mol. The summed E-state index contributed by atoms with van der Waals surface area (Å²) in [5.41, 5.74) is 0. The quantitative estimate of drug-likeness (QED) is 0.795. The van der Waals surface area contributed by atoms with E-state index in [-0.39, 0.29) is 0 Å². The maximum Gasteiger partial charge on any atom is 0.0284 e. The first-order valence-corrected chi connectivity index (χ1v) is 7.55. The lowest BCUT2D eigenvalue weighted by atomic mass is 10.1. The van der Waals surface area contributed by atoms with Gasteiger partial charge in [0.15, 0.2) is 0 Å². The van der Waals surface area contributed by atoms with Crippen molar-refractivity contribution in [1.29, 1.82) is 0 Å². The van der Waals surface area contributed by atoms with E-state index >= 15 is 0 Å². The molecule has 0 aromatic rings. The Balaban J connectivity index is 1.87. The van der Waals surface area contributed by atoms with Crippen molar-refractivity contribution in [2.75, 3.05) is 39.0 Å². The molecule has 1 heterocycles. The van der Waals surface area contributed by atoms with Gasteiger partial charge in [-0.25, -0.2) is 0 Å². The summed E-state index contributed by atoms with van der Waals surface area (Å²) in [7, 11) is 0. The van der Waals surface area contributed by atoms with E-state index in [1.165, 1.54) is 64.8 Å². The van der Waals surface area contributed by atoms with E-state index in [0.717, 1.165) is 0 Å². The zero-order valence-corrected chi connectivity index (χ0v) is 10.7. The van der Waals surface area contributed by atoms with Gasteiger partial charge in [-0.05, 0) is 38.6 Å². The Morgan fingerprint density at radius 2 is 1.93 bits per heavy atom. The third-order valence-electron chi connectivity index (χ3n) is 3.89. The van der Waals surface area contributed by atoms with Gasteiger partial charge in [0.1, 0.15) is 0 Å². The first-order valence-electron chi connectivity index (χ1n) is 6.33. The molecule has 2 aliphatic rings. The van der Waals surface area contributed by atoms with Gasteiger partial charge in [0.05, 0.1) is 0 Å². The van der Waals surface area contributed by atoms with E-state index in [4.69, 9.17) is 0 Å². The largest absolute Gasteiger partial charge is 0.315 e. The van der Waals surface area contributed by atoms with Gasteiger partial charge in [-0.2, -0.15) is 11.8 Å². The lowest BCUT2D eigenvalue weighted by Gasteiger charge is -2.33. The first-order chi connectivity index (χ1) is 7.35. The Labute approximate surface area is 98.2 Å². The minimum atomic E-state index is 0.602. The number of rotatable bonds is 3. The fraction of sp³-hybridized carbons (Fsp3) is 1.00. The van der Waals surface area contributed by atoms with Crippen LogP contribution in [0.15, 0.2) is 0 Å². The lowest BCUT2D eigenvalue weighted by Crippen LogP contribution is -2.40. The summed E-state index contributed by atoms with van der Waals surface area (Å²) < 4.78 is 0.602. The van der Waals surface area contributed by atoms with E-state index in [0.29, 0.717) is 4.75 Å². The van der Waals surface area contributed by atoms with E-state index in [9.17, 15) is 0 Å². The smallest absolute Gasteiger partial charge is 0.0284 e. The standard InChI is InChI=1S/C12H24N2S/c1-15-12(5-2-3-6-12)11-14-9-4-7-13-8-10-14/h13H,2-11H2,1H3. The number of nitrogens with one attached hydrogen (secondary N) is 1. The third kappa shape index (κ3) is 3.11. The van der Waals surface area contributed by atoms with E-state index < -0.39 is 0 Å². The van der Waals surface area contributed by atoms with Crippen LogP contribution in [0.25, 0.3) is 0 Å². The lowest BCUT2D eigenvalue weighted by molar-refractivity contribution is 0.261. The van der Waals surface area contributed by atoms with Crippen LogP contribution in [0.2, 0.25) is 0 Å². The number of hydrogen-bond acceptors (Lipinski definition) is 3. The highest BCUT2D eigenvalue weighted by Gasteiger charge is 2.34. The van der Waals surface area contributed by atoms with Crippen LogP contribution in [0.1, 0.15) is 32.1 Å². The van der Waals surface area contributed by atoms with Crippen LogP contribution in [0.4, 0.5) is 0 Å². The van der Waals surface area contributed by atoms with Crippen LogP contribution in [0.3, 0.4) is 0 Å². The molecule has 0 spiro atoms. The van der Waals surface area contributed by atoms with Crippen LogP contribution >= 0.6 is 11.8 Å². The summed E-state index contributed by atoms with van der Waals surface area (Å²) in [6, 6.07) is 0. The van der Waals surface area contributed by atoms with Crippen molar-refractivity contribution in [3.8, 4) is 0 Å². The molecule has 2 rings (SSSR count). The second kappa shape index (κ2) is 5.55. The molecule has 0 aromatic heterocycles. The van der Waals surface area contributed by atoms with Gasteiger partial charge in [0, 0.05) is 24.4 Å². The minimum Gasteiger partial charge on any atom is -0.315 e. The minimum absolute atomic E-state index is 0.602. The van der Waals surface area contributed by atoms with Gasteiger partial charge in [-0.1, -0.05) is 12.8 Å². The third-order valence-corrected chi connectivity index (χ3v) is 5.30. The molecule has 0 radical (unpaired) electrons. The fourth-order valence-electron chi connectivity index (χ4n) is 2.91.